The van der Waals surface area contributed by atoms with Gasteiger partial charge < -0.3 is 14.6 Å². The highest BCUT2D eigenvalue weighted by molar-refractivity contribution is 5.80. The van der Waals surface area contributed by atoms with E-state index in [2.05, 4.69) is 61.1 Å². The summed E-state index contributed by atoms with van der Waals surface area (Å²) in [5.41, 5.74) is 2.64. The summed E-state index contributed by atoms with van der Waals surface area (Å²) in [5, 5.41) is 4.75. The van der Waals surface area contributed by atoms with Gasteiger partial charge in [0.05, 0.1) is 12.7 Å². The molecule has 110 valence electrons. The van der Waals surface area contributed by atoms with Gasteiger partial charge in [-0.3, -0.25) is 0 Å². The maximum atomic E-state index is 5.62. The van der Waals surface area contributed by atoms with Gasteiger partial charge in [-0.05, 0) is 56.0 Å². The lowest BCUT2D eigenvalue weighted by molar-refractivity contribution is 0.0733. The van der Waals surface area contributed by atoms with Crippen molar-refractivity contribution in [2.75, 3.05) is 13.2 Å². The van der Waals surface area contributed by atoms with Crippen LogP contribution in [0, 0.1) is 0 Å². The summed E-state index contributed by atoms with van der Waals surface area (Å²) in [4.78, 5) is 0. The highest BCUT2D eigenvalue weighted by atomic mass is 16.5. The number of aromatic nitrogens is 1. The summed E-state index contributed by atoms with van der Waals surface area (Å²) >= 11 is 0. The molecule has 0 spiro atoms. The minimum atomic E-state index is 0.299. The van der Waals surface area contributed by atoms with Crippen LogP contribution in [0.5, 0.6) is 0 Å². The highest BCUT2D eigenvalue weighted by Crippen LogP contribution is 2.17. The molecule has 20 heavy (non-hydrogen) atoms. The molecule has 0 saturated heterocycles. The van der Waals surface area contributed by atoms with Gasteiger partial charge in [0.1, 0.15) is 0 Å². The second-order valence-corrected chi connectivity index (χ2v) is 5.50. The van der Waals surface area contributed by atoms with E-state index in [0.29, 0.717) is 6.10 Å². The van der Waals surface area contributed by atoms with Crippen LogP contribution in [0.25, 0.3) is 10.9 Å². The molecule has 0 atom stereocenters. The molecule has 0 radical (unpaired) electrons. The normalized spacial score (nSPS) is 11.6. The van der Waals surface area contributed by atoms with Gasteiger partial charge in [0.15, 0.2) is 0 Å². The van der Waals surface area contributed by atoms with E-state index in [0.717, 1.165) is 26.2 Å². The number of hydrogen-bond donors (Lipinski definition) is 1. The quantitative estimate of drug-likeness (QED) is 0.745. The number of nitrogens with zero attached hydrogens (tertiary/aromatic N) is 1. The molecule has 0 bridgehead atoms. The lowest BCUT2D eigenvalue weighted by Crippen LogP contribution is -2.13. The molecule has 0 saturated carbocycles. The average Bonchev–Trinajstić information content (AvgIpc) is 2.81. The summed E-state index contributed by atoms with van der Waals surface area (Å²) < 4.78 is 7.89. The Morgan fingerprint density at radius 1 is 1.25 bits per heavy atom. The largest absolute Gasteiger partial charge is 0.377 e. The molecule has 2 rings (SSSR count). The van der Waals surface area contributed by atoms with E-state index in [9.17, 15) is 0 Å². The molecular weight excluding hydrogens is 248 g/mol. The van der Waals surface area contributed by atoms with Crippen molar-refractivity contribution in [3.05, 3.63) is 36.0 Å². The summed E-state index contributed by atoms with van der Waals surface area (Å²) in [6.45, 7) is 10.0. The predicted molar refractivity (Wildman–Crippen MR) is 85.0 cm³/mol. The monoisotopic (exact) mass is 274 g/mol. The second-order valence-electron chi connectivity index (χ2n) is 5.50. The van der Waals surface area contributed by atoms with Crippen molar-refractivity contribution < 1.29 is 4.74 Å². The van der Waals surface area contributed by atoms with Gasteiger partial charge in [-0.25, -0.2) is 0 Å². The van der Waals surface area contributed by atoms with E-state index in [1.165, 1.54) is 22.9 Å². The topological polar surface area (TPSA) is 26.2 Å². The molecule has 1 N–H and O–H groups in total. The minimum absolute atomic E-state index is 0.299. The second kappa shape index (κ2) is 7.46. The van der Waals surface area contributed by atoms with E-state index in [-0.39, 0.29) is 0 Å². The van der Waals surface area contributed by atoms with Crippen molar-refractivity contribution >= 4 is 10.9 Å². The maximum Gasteiger partial charge on any atom is 0.0649 e. The first-order valence-corrected chi connectivity index (χ1v) is 7.60. The van der Waals surface area contributed by atoms with Crippen molar-refractivity contribution in [1.29, 1.82) is 0 Å². The van der Waals surface area contributed by atoms with Crippen LogP contribution in [0.15, 0.2) is 30.5 Å². The summed E-state index contributed by atoms with van der Waals surface area (Å²) in [5.74, 6) is 0. The van der Waals surface area contributed by atoms with Crippen LogP contribution in [0.3, 0.4) is 0 Å². The molecule has 1 heterocycles. The van der Waals surface area contributed by atoms with Gasteiger partial charge in [0.2, 0.25) is 0 Å². The van der Waals surface area contributed by atoms with Gasteiger partial charge in [-0.2, -0.15) is 0 Å². The molecule has 0 aliphatic carbocycles. The number of nitrogens with one attached hydrogen (secondary N) is 1. The lowest BCUT2D eigenvalue weighted by atomic mass is 10.1. The van der Waals surface area contributed by atoms with Crippen LogP contribution < -0.4 is 5.32 Å². The zero-order valence-electron chi connectivity index (χ0n) is 12.9. The van der Waals surface area contributed by atoms with Gasteiger partial charge >= 0.3 is 0 Å². The molecule has 0 amide bonds. The molecule has 1 aromatic carbocycles. The molecule has 3 heteroatoms. The zero-order valence-corrected chi connectivity index (χ0v) is 12.9. The summed E-state index contributed by atoms with van der Waals surface area (Å²) in [7, 11) is 0. The molecule has 0 aliphatic heterocycles. The van der Waals surface area contributed by atoms with Crippen LogP contribution in [-0.2, 0) is 17.8 Å². The molecule has 0 aliphatic rings. The number of ether oxygens (including phenoxy) is 1. The minimum Gasteiger partial charge on any atom is -0.377 e. The average molecular weight is 274 g/mol. The third-order valence-electron chi connectivity index (χ3n) is 3.37. The number of rotatable bonds is 8. The van der Waals surface area contributed by atoms with E-state index >= 15 is 0 Å². The molecule has 1 aromatic heterocycles. The van der Waals surface area contributed by atoms with Gasteiger partial charge in [0, 0.05) is 24.8 Å². The Labute approximate surface area is 121 Å². The lowest BCUT2D eigenvalue weighted by Gasteiger charge is -2.09. The van der Waals surface area contributed by atoms with Crippen LogP contribution >= 0.6 is 0 Å². The standard InChI is InChI=1S/C17H26N2O/c1-4-8-18-13-15-5-6-17-16(12-15)7-9-19(17)10-11-20-14(2)3/h5-7,9,12,14,18H,4,8,10-11,13H2,1-3H3. The molecule has 0 fully saturated rings. The van der Waals surface area contributed by atoms with Crippen LogP contribution in [0.2, 0.25) is 0 Å². The molecule has 3 nitrogen and oxygen atoms in total. The fourth-order valence-corrected chi connectivity index (χ4v) is 2.35. The Morgan fingerprint density at radius 3 is 2.85 bits per heavy atom. The fraction of sp³-hybridized carbons (Fsp3) is 0.529. The van der Waals surface area contributed by atoms with E-state index < -0.39 is 0 Å². The smallest absolute Gasteiger partial charge is 0.0649 e. The van der Waals surface area contributed by atoms with Crippen molar-refractivity contribution in [3.63, 3.8) is 0 Å². The number of fused-ring (bicyclic) bond motifs is 1. The SMILES string of the molecule is CCCNCc1ccc2c(ccn2CCOC(C)C)c1. The van der Waals surface area contributed by atoms with E-state index in [4.69, 9.17) is 4.74 Å². The summed E-state index contributed by atoms with van der Waals surface area (Å²) in [6.07, 6.45) is 3.62. The van der Waals surface area contributed by atoms with Gasteiger partial charge in [-0.1, -0.05) is 13.0 Å². The Hall–Kier alpha value is -1.32. The highest BCUT2D eigenvalue weighted by Gasteiger charge is 2.03. The molecular formula is C17H26N2O. The Bertz CT molecular complexity index is 531. The third-order valence-corrected chi connectivity index (χ3v) is 3.37. The van der Waals surface area contributed by atoms with Crippen molar-refractivity contribution in [3.8, 4) is 0 Å². The Morgan fingerprint density at radius 2 is 2.10 bits per heavy atom. The van der Waals surface area contributed by atoms with Crippen LogP contribution in [0.4, 0.5) is 0 Å². The first-order chi connectivity index (χ1) is 9.70. The van der Waals surface area contributed by atoms with Crippen LogP contribution in [0.1, 0.15) is 32.8 Å². The summed E-state index contributed by atoms with van der Waals surface area (Å²) in [6, 6.07) is 8.89. The Kier molecular flexibility index (Phi) is 5.62. The van der Waals surface area contributed by atoms with Gasteiger partial charge in [0.25, 0.3) is 0 Å². The Balaban J connectivity index is 2.00. The fourth-order valence-electron chi connectivity index (χ4n) is 2.35. The van der Waals surface area contributed by atoms with E-state index in [1.54, 1.807) is 0 Å². The zero-order chi connectivity index (χ0) is 14.4. The van der Waals surface area contributed by atoms with Gasteiger partial charge in [-0.15, -0.1) is 0 Å². The number of benzene rings is 1. The maximum absolute atomic E-state index is 5.62. The molecule has 0 unspecified atom stereocenters. The third kappa shape index (κ3) is 4.09. The number of hydrogen-bond acceptors (Lipinski definition) is 2. The predicted octanol–water partition coefficient (Wildman–Crippen LogP) is 3.57. The van der Waals surface area contributed by atoms with Crippen LogP contribution in [-0.4, -0.2) is 23.8 Å². The van der Waals surface area contributed by atoms with E-state index in [1.807, 2.05) is 0 Å². The van der Waals surface area contributed by atoms with Crippen molar-refractivity contribution in [2.24, 2.45) is 0 Å². The first kappa shape index (κ1) is 15.1. The first-order valence-electron chi connectivity index (χ1n) is 7.60. The van der Waals surface area contributed by atoms with Crippen molar-refractivity contribution in [1.82, 2.24) is 9.88 Å². The van der Waals surface area contributed by atoms with Crippen molar-refractivity contribution in [2.45, 2.75) is 46.4 Å². The molecule has 2 aromatic rings.